The Kier molecular flexibility index (Phi) is 6.29. The number of aromatic nitrogens is 3. The molecule has 0 fully saturated rings. The zero-order chi connectivity index (χ0) is 22.6. The normalized spacial score (nSPS) is 12.9. The number of nitrogens with zero attached hydrogens (tertiary/aromatic N) is 3. The highest BCUT2D eigenvalue weighted by Gasteiger charge is 2.18. The van der Waals surface area contributed by atoms with Crippen molar-refractivity contribution < 1.29 is 28.0 Å². The molecule has 32 heavy (non-hydrogen) atoms. The van der Waals surface area contributed by atoms with E-state index in [1.165, 1.54) is 10.8 Å². The van der Waals surface area contributed by atoms with Crippen molar-refractivity contribution in [1.82, 2.24) is 10.1 Å². The molecule has 4 rings (SSSR count). The lowest BCUT2D eigenvalue weighted by atomic mass is 10.1. The van der Waals surface area contributed by atoms with Gasteiger partial charge in [0.1, 0.15) is 11.4 Å². The van der Waals surface area contributed by atoms with Gasteiger partial charge in [0.25, 0.3) is 13.6 Å². The Morgan fingerprint density at radius 3 is 2.72 bits per heavy atom. The fourth-order valence-corrected chi connectivity index (χ4v) is 3.29. The van der Waals surface area contributed by atoms with Crippen molar-refractivity contribution in [3.63, 3.8) is 0 Å². The fraction of sp³-hybridized carbons (Fsp3) is 0.0952. The lowest BCUT2D eigenvalue weighted by Crippen LogP contribution is -2.38. The molecular formula is C21H20N5O5P. The van der Waals surface area contributed by atoms with E-state index in [0.29, 0.717) is 23.4 Å². The summed E-state index contributed by atoms with van der Waals surface area (Å²) in [5.74, 6) is 1.34. The van der Waals surface area contributed by atoms with E-state index in [2.05, 4.69) is 20.0 Å². The molecule has 11 heteroatoms. The molecular weight excluding hydrogens is 433 g/mol. The van der Waals surface area contributed by atoms with Gasteiger partial charge in [0.15, 0.2) is 12.5 Å². The van der Waals surface area contributed by atoms with Crippen molar-refractivity contribution in [2.45, 2.75) is 13.2 Å². The maximum atomic E-state index is 10.8. The van der Waals surface area contributed by atoms with E-state index in [0.717, 1.165) is 17.1 Å². The molecule has 10 nitrogen and oxygen atoms in total. The first-order valence-electron chi connectivity index (χ1n) is 9.57. The zero-order valence-corrected chi connectivity index (χ0v) is 17.7. The predicted molar refractivity (Wildman–Crippen MR) is 114 cm³/mol. The van der Waals surface area contributed by atoms with E-state index in [1.54, 1.807) is 24.4 Å². The first kappa shape index (κ1) is 21.7. The number of rotatable bonds is 8. The molecule has 4 N–H and O–H groups in total. The fourth-order valence-electron chi connectivity index (χ4n) is 3.02. The number of nitrogen functional groups attached to an aromatic ring is 1. The second kappa shape index (κ2) is 9.29. The maximum Gasteiger partial charge on any atom is 0.285 e. The molecule has 3 heterocycles. The number of para-hydroxylation sites is 1. The summed E-state index contributed by atoms with van der Waals surface area (Å²) in [6, 6.07) is 18.7. The number of anilines is 3. The minimum Gasteiger partial charge on any atom is -0.756 e. The van der Waals surface area contributed by atoms with Gasteiger partial charge in [0, 0.05) is 24.4 Å². The highest BCUT2D eigenvalue weighted by molar-refractivity contribution is 7.44. The van der Waals surface area contributed by atoms with Crippen LogP contribution >= 0.6 is 7.82 Å². The smallest absolute Gasteiger partial charge is 0.285 e. The number of phosphoric ester groups is 1. The number of phosphoric acid groups is 1. The first-order valence-corrected chi connectivity index (χ1v) is 11.1. The van der Waals surface area contributed by atoms with Gasteiger partial charge in [-0.3, -0.25) is 14.8 Å². The topological polar surface area (TPSA) is 150 Å². The number of benzene rings is 1. The molecule has 0 bridgehead atoms. The van der Waals surface area contributed by atoms with Crippen LogP contribution in [0.5, 0.6) is 0 Å². The van der Waals surface area contributed by atoms with E-state index < -0.39 is 14.6 Å². The zero-order valence-electron chi connectivity index (χ0n) is 16.8. The van der Waals surface area contributed by atoms with Crippen LogP contribution in [-0.4, -0.2) is 15.0 Å². The third-order valence-electron chi connectivity index (χ3n) is 4.55. The van der Waals surface area contributed by atoms with Gasteiger partial charge in [-0.1, -0.05) is 29.4 Å². The molecule has 4 aromatic rings. The van der Waals surface area contributed by atoms with Crippen LogP contribution in [0.15, 0.2) is 77.6 Å². The molecule has 0 spiro atoms. The molecule has 164 valence electrons. The largest absolute Gasteiger partial charge is 0.756 e. The summed E-state index contributed by atoms with van der Waals surface area (Å²) in [6.07, 6.45) is 3.78. The molecule has 0 aliphatic heterocycles. The lowest BCUT2D eigenvalue weighted by Gasteiger charge is -2.14. The Balaban J connectivity index is 1.45. The van der Waals surface area contributed by atoms with Gasteiger partial charge in [-0.25, -0.2) is 9.55 Å². The minimum atomic E-state index is -4.87. The van der Waals surface area contributed by atoms with Crippen molar-refractivity contribution >= 4 is 25.1 Å². The van der Waals surface area contributed by atoms with Crippen LogP contribution < -0.4 is 20.5 Å². The van der Waals surface area contributed by atoms with E-state index in [-0.39, 0.29) is 5.82 Å². The lowest BCUT2D eigenvalue weighted by molar-refractivity contribution is -0.712. The van der Waals surface area contributed by atoms with Gasteiger partial charge in [0.2, 0.25) is 0 Å². The van der Waals surface area contributed by atoms with Crippen molar-refractivity contribution in [1.29, 1.82) is 0 Å². The first-order chi connectivity index (χ1) is 15.4. The highest BCUT2D eigenvalue weighted by Crippen LogP contribution is 2.30. The van der Waals surface area contributed by atoms with Crippen LogP contribution in [0.3, 0.4) is 0 Å². The Morgan fingerprint density at radius 1 is 1.19 bits per heavy atom. The summed E-state index contributed by atoms with van der Waals surface area (Å²) < 4.78 is 22.0. The third kappa shape index (κ3) is 5.57. The second-order valence-corrected chi connectivity index (χ2v) is 8.10. The SMILES string of the molecule is Nc1c(-c2cc(Cc3ccc(Nc4ccccc4)nc3)no2)ccc[n+]1COP(=O)([O-])O. The van der Waals surface area contributed by atoms with Crippen molar-refractivity contribution in [3.8, 4) is 11.3 Å². The summed E-state index contributed by atoms with van der Waals surface area (Å²) in [5, 5.41) is 7.31. The Morgan fingerprint density at radius 2 is 2.00 bits per heavy atom. The molecule has 0 aliphatic rings. The van der Waals surface area contributed by atoms with Crippen molar-refractivity contribution in [2.24, 2.45) is 0 Å². The molecule has 0 saturated carbocycles. The highest BCUT2D eigenvalue weighted by atomic mass is 31.2. The van der Waals surface area contributed by atoms with Crippen molar-refractivity contribution in [2.75, 3.05) is 11.1 Å². The van der Waals surface area contributed by atoms with Gasteiger partial charge in [0.05, 0.1) is 11.9 Å². The quantitative estimate of drug-likeness (QED) is 0.270. The van der Waals surface area contributed by atoms with E-state index in [9.17, 15) is 9.46 Å². The van der Waals surface area contributed by atoms with Gasteiger partial charge in [-0.2, -0.15) is 0 Å². The molecule has 0 saturated heterocycles. The molecule has 1 atom stereocenters. The average molecular weight is 453 g/mol. The standard InChI is InChI=1S/C21H20N5O5P/c22-21-18(7-4-10-26(21)14-30-32(27,28)29)19-12-17(25-31-19)11-15-8-9-20(23-13-15)24-16-5-2-1-3-6-16/h1-10,12-13,22H,11,14H2,(H3,23,24,27,28,29). The van der Waals surface area contributed by atoms with Gasteiger partial charge in [-0.15, -0.1) is 0 Å². The molecule has 1 aromatic carbocycles. The second-order valence-electron chi connectivity index (χ2n) is 6.91. The van der Waals surface area contributed by atoms with Crippen molar-refractivity contribution in [3.05, 3.63) is 84.3 Å². The summed E-state index contributed by atoms with van der Waals surface area (Å²) in [6.45, 7) is -0.465. The summed E-state index contributed by atoms with van der Waals surface area (Å²) in [4.78, 5) is 24.0. The summed E-state index contributed by atoms with van der Waals surface area (Å²) >= 11 is 0. The molecule has 3 aromatic heterocycles. The van der Waals surface area contributed by atoms with Crippen LogP contribution in [0.1, 0.15) is 11.3 Å². The molecule has 0 radical (unpaired) electrons. The van der Waals surface area contributed by atoms with Gasteiger partial charge >= 0.3 is 0 Å². The van der Waals surface area contributed by atoms with E-state index in [4.69, 9.17) is 15.2 Å². The average Bonchev–Trinajstić information content (AvgIpc) is 3.23. The minimum absolute atomic E-state index is 0.196. The molecule has 0 aliphatic carbocycles. The molecule has 1 unspecified atom stereocenters. The van der Waals surface area contributed by atoms with Crippen LogP contribution in [0.2, 0.25) is 0 Å². The van der Waals surface area contributed by atoms with Crippen LogP contribution in [0.4, 0.5) is 17.3 Å². The monoisotopic (exact) mass is 453 g/mol. The Hall–Kier alpha value is -3.56. The third-order valence-corrected chi connectivity index (χ3v) is 5.00. The number of hydrogen-bond donors (Lipinski definition) is 3. The van der Waals surface area contributed by atoms with E-state index >= 15 is 0 Å². The number of pyridine rings is 2. The van der Waals surface area contributed by atoms with Crippen LogP contribution in [-0.2, 0) is 22.2 Å². The molecule has 0 amide bonds. The Labute approximate surface area is 183 Å². The van der Waals surface area contributed by atoms with Crippen LogP contribution in [0.25, 0.3) is 11.3 Å². The summed E-state index contributed by atoms with van der Waals surface area (Å²) in [5.41, 5.74) is 9.18. The van der Waals surface area contributed by atoms with Crippen LogP contribution in [0, 0.1) is 0 Å². The number of nitrogens with one attached hydrogen (secondary N) is 1. The number of hydrogen-bond acceptors (Lipinski definition) is 8. The predicted octanol–water partition coefficient (Wildman–Crippen LogP) is 2.38. The maximum absolute atomic E-state index is 10.8. The van der Waals surface area contributed by atoms with E-state index in [1.807, 2.05) is 42.5 Å². The Bertz CT molecular complexity index is 1240. The summed E-state index contributed by atoms with van der Waals surface area (Å²) in [7, 11) is -4.87. The van der Waals surface area contributed by atoms with Gasteiger partial charge in [-0.05, 0) is 35.9 Å². The number of nitrogens with two attached hydrogens (primary N) is 1. The van der Waals surface area contributed by atoms with Gasteiger partial charge < -0.3 is 19.6 Å².